The molecule has 1 N–H and O–H groups in total. The fraction of sp³-hybridized carbons (Fsp3) is 0.609. The SMILES string of the molecule is CCNC(=NCc1ccc(N2CCCCCC2)nc1)N1CCN(Cc2ccon2)CC1. The van der Waals surface area contributed by atoms with Gasteiger partial charge in [-0.25, -0.2) is 9.98 Å². The zero-order valence-electron chi connectivity index (χ0n) is 18.7. The van der Waals surface area contributed by atoms with Crippen molar-refractivity contribution in [2.24, 2.45) is 4.99 Å². The van der Waals surface area contributed by atoms with Gasteiger partial charge >= 0.3 is 0 Å². The molecule has 0 atom stereocenters. The van der Waals surface area contributed by atoms with Crippen molar-refractivity contribution in [2.45, 2.75) is 45.7 Å². The fourth-order valence-electron chi connectivity index (χ4n) is 4.26. The Morgan fingerprint density at radius 3 is 2.48 bits per heavy atom. The zero-order chi connectivity index (χ0) is 21.3. The van der Waals surface area contributed by atoms with Crippen LogP contribution in [0.1, 0.15) is 43.9 Å². The normalized spacial score (nSPS) is 18.8. The predicted molar refractivity (Wildman–Crippen MR) is 123 cm³/mol. The standard InChI is InChI=1S/C23H35N7O/c1-2-24-23(30-14-12-28(13-15-30)19-21-9-16-31-27-21)26-18-20-7-8-22(25-17-20)29-10-5-3-4-6-11-29/h7-9,16-17H,2-6,10-15,18-19H2,1H3,(H,24,26). The lowest BCUT2D eigenvalue weighted by Crippen LogP contribution is -2.52. The molecule has 0 aromatic carbocycles. The van der Waals surface area contributed by atoms with Crippen LogP contribution in [0.5, 0.6) is 0 Å². The van der Waals surface area contributed by atoms with Crippen LogP contribution in [-0.2, 0) is 13.1 Å². The molecular formula is C23H35N7O. The second kappa shape index (κ2) is 11.1. The van der Waals surface area contributed by atoms with Gasteiger partial charge in [0.15, 0.2) is 5.96 Å². The lowest BCUT2D eigenvalue weighted by Gasteiger charge is -2.36. The maximum absolute atomic E-state index is 4.94. The number of guanidine groups is 1. The number of piperazine rings is 1. The van der Waals surface area contributed by atoms with E-state index in [1.165, 1.54) is 25.7 Å². The van der Waals surface area contributed by atoms with Gasteiger partial charge in [-0.15, -0.1) is 0 Å². The zero-order valence-corrected chi connectivity index (χ0v) is 18.7. The Bertz CT molecular complexity index is 790. The van der Waals surface area contributed by atoms with Gasteiger partial charge in [0.25, 0.3) is 0 Å². The molecule has 168 valence electrons. The Hall–Kier alpha value is -2.61. The highest BCUT2D eigenvalue weighted by Crippen LogP contribution is 2.18. The van der Waals surface area contributed by atoms with E-state index in [1.807, 2.05) is 12.3 Å². The summed E-state index contributed by atoms with van der Waals surface area (Å²) in [7, 11) is 0. The summed E-state index contributed by atoms with van der Waals surface area (Å²) < 4.78 is 4.94. The molecule has 8 heteroatoms. The quantitative estimate of drug-likeness (QED) is 0.563. The van der Waals surface area contributed by atoms with Gasteiger partial charge in [-0.2, -0.15) is 0 Å². The van der Waals surface area contributed by atoms with E-state index >= 15 is 0 Å². The molecule has 0 bridgehead atoms. The Morgan fingerprint density at radius 1 is 1.03 bits per heavy atom. The van der Waals surface area contributed by atoms with Gasteiger partial charge < -0.3 is 19.6 Å². The van der Waals surface area contributed by atoms with E-state index in [4.69, 9.17) is 14.5 Å². The van der Waals surface area contributed by atoms with Crippen molar-refractivity contribution in [2.75, 3.05) is 50.7 Å². The first-order valence-corrected chi connectivity index (χ1v) is 11.7. The van der Waals surface area contributed by atoms with Crippen molar-refractivity contribution < 1.29 is 4.52 Å². The molecule has 2 aliphatic rings. The minimum atomic E-state index is 0.648. The van der Waals surface area contributed by atoms with Crippen LogP contribution in [0, 0.1) is 0 Å². The highest BCUT2D eigenvalue weighted by atomic mass is 16.5. The molecule has 8 nitrogen and oxygen atoms in total. The topological polar surface area (TPSA) is 73.0 Å². The van der Waals surface area contributed by atoms with E-state index in [2.05, 4.69) is 44.2 Å². The van der Waals surface area contributed by atoms with E-state index < -0.39 is 0 Å². The Labute approximate surface area is 185 Å². The summed E-state index contributed by atoms with van der Waals surface area (Å²) in [6.07, 6.45) is 8.84. The molecule has 4 heterocycles. The first-order chi connectivity index (χ1) is 15.3. The number of rotatable bonds is 6. The third-order valence-electron chi connectivity index (χ3n) is 6.03. The lowest BCUT2D eigenvalue weighted by atomic mass is 10.2. The van der Waals surface area contributed by atoms with Crippen molar-refractivity contribution >= 4 is 11.8 Å². The van der Waals surface area contributed by atoms with E-state index in [1.54, 1.807) is 6.26 Å². The van der Waals surface area contributed by atoms with Crippen molar-refractivity contribution in [3.8, 4) is 0 Å². The third kappa shape index (κ3) is 6.19. The number of aliphatic imine (C=N–C) groups is 1. The Balaban J connectivity index is 1.31. The maximum Gasteiger partial charge on any atom is 0.194 e. The number of aromatic nitrogens is 2. The molecule has 0 spiro atoms. The van der Waals surface area contributed by atoms with Crippen LogP contribution in [0.15, 0.2) is 40.2 Å². The van der Waals surface area contributed by atoms with Crippen LogP contribution in [0.3, 0.4) is 0 Å². The minimum Gasteiger partial charge on any atom is -0.364 e. The summed E-state index contributed by atoms with van der Waals surface area (Å²) in [4.78, 5) is 16.8. The summed E-state index contributed by atoms with van der Waals surface area (Å²) in [6, 6.07) is 6.27. The average molecular weight is 426 g/mol. The van der Waals surface area contributed by atoms with Gasteiger partial charge in [0.05, 0.1) is 12.2 Å². The monoisotopic (exact) mass is 425 g/mol. The van der Waals surface area contributed by atoms with Crippen LogP contribution in [0.4, 0.5) is 5.82 Å². The van der Waals surface area contributed by atoms with Crippen LogP contribution in [0.2, 0.25) is 0 Å². The van der Waals surface area contributed by atoms with Crippen molar-refractivity contribution in [1.82, 2.24) is 25.3 Å². The van der Waals surface area contributed by atoms with E-state index in [-0.39, 0.29) is 0 Å². The minimum absolute atomic E-state index is 0.648. The Morgan fingerprint density at radius 2 is 1.84 bits per heavy atom. The number of nitrogens with one attached hydrogen (secondary N) is 1. The highest BCUT2D eigenvalue weighted by molar-refractivity contribution is 5.80. The number of hydrogen-bond donors (Lipinski definition) is 1. The van der Waals surface area contributed by atoms with Crippen molar-refractivity contribution in [1.29, 1.82) is 0 Å². The highest BCUT2D eigenvalue weighted by Gasteiger charge is 2.20. The molecule has 4 rings (SSSR count). The number of pyridine rings is 1. The van der Waals surface area contributed by atoms with Gasteiger partial charge in [-0.1, -0.05) is 24.1 Å². The van der Waals surface area contributed by atoms with Gasteiger partial charge in [-0.3, -0.25) is 4.90 Å². The van der Waals surface area contributed by atoms with Crippen LogP contribution in [-0.4, -0.2) is 71.7 Å². The first kappa shape index (κ1) is 21.6. The molecule has 2 aromatic rings. The summed E-state index contributed by atoms with van der Waals surface area (Å²) in [5.74, 6) is 2.09. The molecule has 2 aromatic heterocycles. The molecule has 0 amide bonds. The van der Waals surface area contributed by atoms with Crippen molar-refractivity contribution in [3.63, 3.8) is 0 Å². The summed E-state index contributed by atoms with van der Waals surface area (Å²) in [5, 5.41) is 7.48. The molecule has 0 unspecified atom stereocenters. The van der Waals surface area contributed by atoms with E-state index in [0.29, 0.717) is 6.54 Å². The first-order valence-electron chi connectivity index (χ1n) is 11.7. The predicted octanol–water partition coefficient (Wildman–Crippen LogP) is 2.73. The van der Waals surface area contributed by atoms with Gasteiger partial charge in [-0.05, 0) is 31.4 Å². The van der Waals surface area contributed by atoms with Gasteiger partial charge in [0, 0.05) is 64.6 Å². The average Bonchev–Trinajstić information content (AvgIpc) is 3.16. The molecule has 2 saturated heterocycles. The van der Waals surface area contributed by atoms with Gasteiger partial charge in [0.2, 0.25) is 0 Å². The molecule has 2 fully saturated rings. The summed E-state index contributed by atoms with van der Waals surface area (Å²) in [6.45, 7) is 10.6. The molecule has 0 aliphatic carbocycles. The largest absolute Gasteiger partial charge is 0.364 e. The lowest BCUT2D eigenvalue weighted by molar-refractivity contribution is 0.169. The Kier molecular flexibility index (Phi) is 7.76. The van der Waals surface area contributed by atoms with Crippen molar-refractivity contribution in [3.05, 3.63) is 41.9 Å². The van der Waals surface area contributed by atoms with E-state index in [0.717, 1.165) is 75.4 Å². The maximum atomic E-state index is 4.94. The molecule has 2 aliphatic heterocycles. The molecule has 0 radical (unpaired) electrons. The number of nitrogens with zero attached hydrogens (tertiary/aromatic N) is 6. The fourth-order valence-corrected chi connectivity index (χ4v) is 4.26. The number of anilines is 1. The van der Waals surface area contributed by atoms with Gasteiger partial charge in [0.1, 0.15) is 12.1 Å². The third-order valence-corrected chi connectivity index (χ3v) is 6.03. The number of hydrogen-bond acceptors (Lipinski definition) is 6. The van der Waals surface area contributed by atoms with E-state index in [9.17, 15) is 0 Å². The van der Waals surface area contributed by atoms with Crippen LogP contribution in [0.25, 0.3) is 0 Å². The smallest absolute Gasteiger partial charge is 0.194 e. The summed E-state index contributed by atoms with van der Waals surface area (Å²) in [5.41, 5.74) is 2.14. The molecular weight excluding hydrogens is 390 g/mol. The van der Waals surface area contributed by atoms with Crippen LogP contribution < -0.4 is 10.2 Å². The second-order valence-corrected chi connectivity index (χ2v) is 8.35. The molecule has 31 heavy (non-hydrogen) atoms. The second-order valence-electron chi connectivity index (χ2n) is 8.35. The van der Waals surface area contributed by atoms with Crippen LogP contribution >= 0.6 is 0 Å². The summed E-state index contributed by atoms with van der Waals surface area (Å²) >= 11 is 0. The molecule has 0 saturated carbocycles.